The zero-order valence-electron chi connectivity index (χ0n) is 12.1. The van der Waals surface area contributed by atoms with E-state index >= 15 is 0 Å². The SMILES string of the molecule is Cc1ccccc1SCc1nc(=S)cc(CC(C)C)[nH]1. The van der Waals surface area contributed by atoms with E-state index in [0.29, 0.717) is 10.6 Å². The van der Waals surface area contributed by atoms with E-state index in [0.717, 1.165) is 18.0 Å². The molecule has 20 heavy (non-hydrogen) atoms. The molecule has 1 aromatic heterocycles. The Kier molecular flexibility index (Phi) is 5.38. The number of hydrogen-bond acceptors (Lipinski definition) is 3. The number of aryl methyl sites for hydroxylation is 1. The van der Waals surface area contributed by atoms with Crippen LogP contribution < -0.4 is 0 Å². The molecule has 0 amide bonds. The van der Waals surface area contributed by atoms with Crippen molar-refractivity contribution in [1.82, 2.24) is 9.97 Å². The molecule has 2 nitrogen and oxygen atoms in total. The third-order valence-corrected chi connectivity index (χ3v) is 4.33. The minimum absolute atomic E-state index is 0.611. The molecule has 0 atom stereocenters. The Labute approximate surface area is 130 Å². The Bertz CT molecular complexity index is 632. The van der Waals surface area contributed by atoms with Crippen molar-refractivity contribution in [1.29, 1.82) is 0 Å². The summed E-state index contributed by atoms with van der Waals surface area (Å²) in [5, 5.41) is 0. The Morgan fingerprint density at radius 1 is 1.30 bits per heavy atom. The van der Waals surface area contributed by atoms with Gasteiger partial charge in [-0.2, -0.15) is 0 Å². The van der Waals surface area contributed by atoms with Crippen LogP contribution in [0.5, 0.6) is 0 Å². The van der Waals surface area contributed by atoms with E-state index in [4.69, 9.17) is 12.2 Å². The molecular formula is C16H20N2S2. The van der Waals surface area contributed by atoms with Gasteiger partial charge in [-0.25, -0.2) is 4.98 Å². The number of H-pyrrole nitrogens is 1. The number of benzene rings is 1. The van der Waals surface area contributed by atoms with Gasteiger partial charge in [0.2, 0.25) is 0 Å². The van der Waals surface area contributed by atoms with Gasteiger partial charge >= 0.3 is 0 Å². The van der Waals surface area contributed by atoms with E-state index in [1.54, 1.807) is 11.8 Å². The van der Waals surface area contributed by atoms with Gasteiger partial charge in [-0.1, -0.05) is 44.3 Å². The number of rotatable bonds is 5. The highest BCUT2D eigenvalue weighted by Gasteiger charge is 2.04. The second kappa shape index (κ2) is 7.04. The maximum Gasteiger partial charge on any atom is 0.130 e. The third-order valence-electron chi connectivity index (χ3n) is 2.93. The topological polar surface area (TPSA) is 28.7 Å². The molecule has 0 unspecified atom stereocenters. The number of aromatic nitrogens is 2. The standard InChI is InChI=1S/C16H20N2S2/c1-11(2)8-13-9-16(19)18-15(17-13)10-20-14-7-5-4-6-12(14)3/h4-7,9,11H,8,10H2,1-3H3,(H,17,18,19). The van der Waals surface area contributed by atoms with Crippen LogP contribution in [0.15, 0.2) is 35.2 Å². The first-order valence-electron chi connectivity index (χ1n) is 6.82. The van der Waals surface area contributed by atoms with Crippen LogP contribution >= 0.6 is 24.0 Å². The van der Waals surface area contributed by atoms with E-state index in [-0.39, 0.29) is 0 Å². The number of nitrogens with zero attached hydrogens (tertiary/aromatic N) is 1. The molecule has 0 aliphatic heterocycles. The molecular weight excluding hydrogens is 284 g/mol. The average molecular weight is 304 g/mol. The molecule has 0 aliphatic carbocycles. The van der Waals surface area contributed by atoms with E-state index in [1.165, 1.54) is 16.2 Å². The van der Waals surface area contributed by atoms with Crippen molar-refractivity contribution >= 4 is 24.0 Å². The molecule has 0 fully saturated rings. The van der Waals surface area contributed by atoms with Gasteiger partial charge in [-0.15, -0.1) is 11.8 Å². The summed E-state index contributed by atoms with van der Waals surface area (Å²) >= 11 is 7.05. The summed E-state index contributed by atoms with van der Waals surface area (Å²) in [5.41, 5.74) is 2.48. The van der Waals surface area contributed by atoms with E-state index in [9.17, 15) is 0 Å². The van der Waals surface area contributed by atoms with Crippen LogP contribution in [0.4, 0.5) is 0 Å². The lowest BCUT2D eigenvalue weighted by atomic mass is 10.1. The molecule has 0 saturated carbocycles. The van der Waals surface area contributed by atoms with Gasteiger partial charge in [0, 0.05) is 10.6 Å². The summed E-state index contributed by atoms with van der Waals surface area (Å²) in [4.78, 5) is 9.13. The molecule has 1 heterocycles. The van der Waals surface area contributed by atoms with Gasteiger partial charge < -0.3 is 4.98 Å². The van der Waals surface area contributed by atoms with E-state index in [2.05, 4.69) is 55.0 Å². The molecule has 0 saturated heterocycles. The highest BCUT2D eigenvalue weighted by Crippen LogP contribution is 2.24. The lowest BCUT2D eigenvalue weighted by Crippen LogP contribution is -2.02. The normalized spacial score (nSPS) is 11.0. The molecule has 0 radical (unpaired) electrons. The summed E-state index contributed by atoms with van der Waals surface area (Å²) in [6.45, 7) is 6.55. The van der Waals surface area contributed by atoms with E-state index in [1.807, 2.05) is 6.07 Å². The molecule has 2 aromatic rings. The number of aromatic amines is 1. The van der Waals surface area contributed by atoms with Gasteiger partial charge in [-0.3, -0.25) is 0 Å². The summed E-state index contributed by atoms with van der Waals surface area (Å²) in [7, 11) is 0. The van der Waals surface area contributed by atoms with Crippen molar-refractivity contribution in [2.45, 2.75) is 37.8 Å². The zero-order chi connectivity index (χ0) is 14.5. The Morgan fingerprint density at radius 3 is 2.75 bits per heavy atom. The highest BCUT2D eigenvalue weighted by atomic mass is 32.2. The first-order chi connectivity index (χ1) is 9.54. The summed E-state index contributed by atoms with van der Waals surface area (Å²) in [5.74, 6) is 2.39. The third kappa shape index (κ3) is 4.46. The molecule has 106 valence electrons. The Hall–Kier alpha value is -1.13. The first-order valence-corrected chi connectivity index (χ1v) is 8.21. The van der Waals surface area contributed by atoms with Gasteiger partial charge in [0.25, 0.3) is 0 Å². The molecule has 1 N–H and O–H groups in total. The number of thioether (sulfide) groups is 1. The molecule has 0 aliphatic rings. The quantitative estimate of drug-likeness (QED) is 0.626. The largest absolute Gasteiger partial charge is 0.346 e. The molecule has 1 aromatic carbocycles. The lowest BCUT2D eigenvalue weighted by Gasteiger charge is -2.09. The maximum atomic E-state index is 5.26. The lowest BCUT2D eigenvalue weighted by molar-refractivity contribution is 0.631. The summed E-state index contributed by atoms with van der Waals surface area (Å²) in [6, 6.07) is 10.4. The molecule has 4 heteroatoms. The van der Waals surface area contributed by atoms with Crippen molar-refractivity contribution in [3.63, 3.8) is 0 Å². The fourth-order valence-corrected chi connectivity index (χ4v) is 3.20. The average Bonchev–Trinajstić information content (AvgIpc) is 2.36. The zero-order valence-corrected chi connectivity index (χ0v) is 13.8. The van der Waals surface area contributed by atoms with Crippen LogP contribution in [0.25, 0.3) is 0 Å². The van der Waals surface area contributed by atoms with Crippen LogP contribution in [-0.4, -0.2) is 9.97 Å². The Morgan fingerprint density at radius 2 is 2.05 bits per heavy atom. The van der Waals surface area contributed by atoms with Crippen molar-refractivity contribution in [2.24, 2.45) is 5.92 Å². The fourth-order valence-electron chi connectivity index (χ4n) is 2.05. The van der Waals surface area contributed by atoms with Crippen molar-refractivity contribution < 1.29 is 0 Å². The van der Waals surface area contributed by atoms with Gasteiger partial charge in [0.05, 0.1) is 5.75 Å². The van der Waals surface area contributed by atoms with Crippen LogP contribution in [0.2, 0.25) is 0 Å². The summed E-state index contributed by atoms with van der Waals surface area (Å²) < 4.78 is 0.680. The molecule has 2 rings (SSSR count). The minimum Gasteiger partial charge on any atom is -0.346 e. The van der Waals surface area contributed by atoms with Gasteiger partial charge in [0.1, 0.15) is 10.5 Å². The van der Waals surface area contributed by atoms with Gasteiger partial charge in [-0.05, 0) is 37.0 Å². The molecule has 0 bridgehead atoms. The van der Waals surface area contributed by atoms with Crippen molar-refractivity contribution in [3.05, 3.63) is 52.1 Å². The first kappa shape index (κ1) is 15.3. The maximum absolute atomic E-state index is 5.26. The highest BCUT2D eigenvalue weighted by molar-refractivity contribution is 7.98. The predicted octanol–water partition coefficient (Wildman–Crippen LogP) is 4.94. The van der Waals surface area contributed by atoms with Crippen molar-refractivity contribution in [2.75, 3.05) is 0 Å². The second-order valence-corrected chi connectivity index (χ2v) is 6.78. The van der Waals surface area contributed by atoms with Gasteiger partial charge in [0.15, 0.2) is 0 Å². The Balaban J connectivity index is 2.11. The smallest absolute Gasteiger partial charge is 0.130 e. The number of nitrogens with one attached hydrogen (secondary N) is 1. The van der Waals surface area contributed by atoms with Crippen molar-refractivity contribution in [3.8, 4) is 0 Å². The fraction of sp³-hybridized carbons (Fsp3) is 0.375. The summed E-state index contributed by atoms with van der Waals surface area (Å²) in [6.07, 6.45) is 1.01. The minimum atomic E-state index is 0.611. The van der Waals surface area contributed by atoms with Crippen LogP contribution in [-0.2, 0) is 12.2 Å². The van der Waals surface area contributed by atoms with Crippen LogP contribution in [0.3, 0.4) is 0 Å². The van der Waals surface area contributed by atoms with Crippen LogP contribution in [0, 0.1) is 17.5 Å². The molecule has 0 spiro atoms. The van der Waals surface area contributed by atoms with E-state index < -0.39 is 0 Å². The second-order valence-electron chi connectivity index (χ2n) is 5.34. The van der Waals surface area contributed by atoms with Crippen LogP contribution in [0.1, 0.15) is 30.9 Å². The predicted molar refractivity (Wildman–Crippen MR) is 88.7 cm³/mol. The number of hydrogen-bond donors (Lipinski definition) is 1. The monoisotopic (exact) mass is 304 g/mol.